The molecule has 0 aromatic carbocycles. The number of aliphatic hydroxyl groups excluding tert-OH is 1. The molecule has 0 aliphatic rings. The fourth-order valence-electron chi connectivity index (χ4n) is 2.67. The van der Waals surface area contributed by atoms with Gasteiger partial charge in [0.05, 0.1) is 6.35 Å². The molecule has 0 rings (SSSR count). The maximum absolute atomic E-state index is 11.6. The molecule has 148 valence electrons. The minimum atomic E-state index is -4.38. The van der Waals surface area contributed by atoms with E-state index in [1.54, 1.807) is 0 Å². The lowest BCUT2D eigenvalue weighted by molar-refractivity contribution is 0.349. The van der Waals surface area contributed by atoms with Gasteiger partial charge in [0.1, 0.15) is 13.2 Å². The number of unbranched alkanes of at least 4 members (excludes halogenated alkanes) is 5. The van der Waals surface area contributed by atoms with Gasteiger partial charge in [-0.2, -0.15) is 0 Å². The predicted molar refractivity (Wildman–Crippen MR) is 107 cm³/mol. The van der Waals surface area contributed by atoms with Crippen molar-refractivity contribution in [2.45, 2.75) is 84.0 Å². The van der Waals surface area contributed by atoms with Gasteiger partial charge in [-0.05, 0) is 52.9 Å². The van der Waals surface area contributed by atoms with Gasteiger partial charge in [-0.25, -0.2) is 0 Å². The molecule has 0 spiro atoms. The lowest BCUT2D eigenvalue weighted by Crippen LogP contribution is -2.05. The summed E-state index contributed by atoms with van der Waals surface area (Å²) in [6, 6.07) is 0. The van der Waals surface area contributed by atoms with Crippen LogP contribution >= 0.6 is 15.4 Å². The van der Waals surface area contributed by atoms with Crippen LogP contribution in [0.1, 0.15) is 78.6 Å². The summed E-state index contributed by atoms with van der Waals surface area (Å²) in [5, 5.41) is 7.72. The molecule has 25 heavy (non-hydrogen) atoms. The Balaban J connectivity index is 3.84. The molecule has 0 aliphatic carbocycles. The average Bonchev–Trinajstić information content (AvgIpc) is 2.51. The normalized spacial score (nSPS) is 15.0. The number of allylic oxidation sites excluding steroid dienone is 4. The van der Waals surface area contributed by atoms with E-state index in [2.05, 4.69) is 32.9 Å². The molecule has 0 heterocycles. The molecule has 0 aromatic heterocycles. The van der Waals surface area contributed by atoms with Gasteiger partial charge in [0.2, 0.25) is 0 Å². The van der Waals surface area contributed by atoms with E-state index in [-0.39, 0.29) is 6.42 Å². The summed E-state index contributed by atoms with van der Waals surface area (Å²) < 4.78 is 22.9. The topological polar surface area (TPSA) is 94.8 Å². The molecule has 0 bridgehead atoms. The van der Waals surface area contributed by atoms with Crippen LogP contribution in [0, 0.1) is 0 Å². The van der Waals surface area contributed by atoms with Crippen LogP contribution in [0.2, 0.25) is 0 Å². The molecule has 0 aromatic rings. The van der Waals surface area contributed by atoms with Crippen molar-refractivity contribution in [1.82, 2.24) is 0 Å². The van der Waals surface area contributed by atoms with E-state index in [1.165, 1.54) is 11.1 Å². The Kier molecular flexibility index (Phi) is 13.8. The Hall–Kier alpha value is -0.180. The van der Waals surface area contributed by atoms with Crippen LogP contribution in [0.3, 0.4) is 0 Å². The second kappa shape index (κ2) is 13.9. The first-order chi connectivity index (χ1) is 11.7. The molecule has 3 N–H and O–H groups in total. The molecule has 2 unspecified atom stereocenters. The van der Waals surface area contributed by atoms with Crippen LogP contribution in [0.5, 0.6) is 0 Å². The molecular weight excluding hydrogens is 358 g/mol. The summed E-state index contributed by atoms with van der Waals surface area (Å²) in [5.74, 6) is 0. The minimum absolute atomic E-state index is 0.228. The first-order valence-corrected chi connectivity index (χ1v) is 12.5. The molecule has 0 saturated carbocycles. The van der Waals surface area contributed by atoms with Gasteiger partial charge in [-0.15, -0.1) is 0 Å². The van der Waals surface area contributed by atoms with Crippen molar-refractivity contribution in [1.29, 1.82) is 0 Å². The maximum Gasteiger partial charge on any atom is 0.335 e. The molecule has 2 atom stereocenters. The molecule has 0 amide bonds. The van der Waals surface area contributed by atoms with Crippen LogP contribution < -0.4 is 0 Å². The zero-order valence-electron chi connectivity index (χ0n) is 15.9. The smallest absolute Gasteiger partial charge is 0.335 e. The molecular formula is C18H36O5P2. The lowest BCUT2D eigenvalue weighted by Gasteiger charge is -2.16. The van der Waals surface area contributed by atoms with E-state index in [4.69, 9.17) is 5.11 Å². The zero-order chi connectivity index (χ0) is 19.3. The highest BCUT2D eigenvalue weighted by atomic mass is 31.2. The summed E-state index contributed by atoms with van der Waals surface area (Å²) in [6.45, 7) is 6.40. The Labute approximate surface area is 153 Å². The van der Waals surface area contributed by atoms with E-state index >= 15 is 0 Å². The highest BCUT2D eigenvalue weighted by Gasteiger charge is 2.32. The van der Waals surface area contributed by atoms with Gasteiger partial charge in [-0.3, -0.25) is 4.57 Å². The van der Waals surface area contributed by atoms with Crippen molar-refractivity contribution in [3.63, 3.8) is 0 Å². The molecule has 0 radical (unpaired) electrons. The number of hydrogen-bond acceptors (Lipinski definition) is 3. The first kappa shape index (κ1) is 24.8. The fraction of sp³-hybridized carbons (Fsp3) is 0.778. The van der Waals surface area contributed by atoms with Crippen LogP contribution in [0.25, 0.3) is 0 Å². The highest BCUT2D eigenvalue weighted by molar-refractivity contribution is 7.67. The molecule has 0 aliphatic heterocycles. The fourth-order valence-corrected chi connectivity index (χ4v) is 5.67. The van der Waals surface area contributed by atoms with Crippen molar-refractivity contribution < 1.29 is 24.0 Å². The van der Waals surface area contributed by atoms with E-state index in [1.807, 2.05) is 0 Å². The van der Waals surface area contributed by atoms with Gasteiger partial charge >= 0.3 is 7.60 Å². The van der Waals surface area contributed by atoms with Crippen molar-refractivity contribution in [3.05, 3.63) is 23.3 Å². The largest absolute Gasteiger partial charge is 0.389 e. The maximum atomic E-state index is 11.6. The Bertz CT molecular complexity index is 490. The number of hydrogen-bond donors (Lipinski definition) is 3. The third-order valence-electron chi connectivity index (χ3n) is 4.20. The highest BCUT2D eigenvalue weighted by Crippen LogP contribution is 2.55. The quantitative estimate of drug-likeness (QED) is 0.208. The van der Waals surface area contributed by atoms with Crippen molar-refractivity contribution in [2.24, 2.45) is 0 Å². The number of rotatable bonds is 14. The van der Waals surface area contributed by atoms with Crippen LogP contribution in [-0.4, -0.2) is 26.6 Å². The van der Waals surface area contributed by atoms with Crippen molar-refractivity contribution in [3.8, 4) is 0 Å². The third-order valence-corrected chi connectivity index (χ3v) is 8.49. The van der Waals surface area contributed by atoms with E-state index in [0.29, 0.717) is 6.42 Å². The predicted octanol–water partition coefficient (Wildman–Crippen LogP) is 5.42. The third kappa shape index (κ3) is 13.7. The van der Waals surface area contributed by atoms with E-state index in [0.717, 1.165) is 44.9 Å². The van der Waals surface area contributed by atoms with Gasteiger partial charge in [0, 0.05) is 0 Å². The summed E-state index contributed by atoms with van der Waals surface area (Å²) in [7, 11) is -7.00. The number of aliphatic hydroxyl groups is 1. The van der Waals surface area contributed by atoms with E-state index in [9.17, 15) is 18.9 Å². The van der Waals surface area contributed by atoms with Crippen LogP contribution in [0.4, 0.5) is 0 Å². The van der Waals surface area contributed by atoms with Crippen LogP contribution in [-0.2, 0) is 9.13 Å². The van der Waals surface area contributed by atoms with Crippen molar-refractivity contribution >= 4 is 15.4 Å². The molecule has 5 nitrogen and oxygen atoms in total. The van der Waals surface area contributed by atoms with Crippen LogP contribution in [0.15, 0.2) is 23.3 Å². The summed E-state index contributed by atoms with van der Waals surface area (Å²) in [5.41, 5.74) is 2.79. The molecule has 7 heteroatoms. The van der Waals surface area contributed by atoms with Gasteiger partial charge in [0.15, 0.2) is 0 Å². The average molecular weight is 394 g/mol. The van der Waals surface area contributed by atoms with Gasteiger partial charge in [0.25, 0.3) is 0 Å². The van der Waals surface area contributed by atoms with E-state index < -0.39 is 27.1 Å². The Morgan fingerprint density at radius 2 is 1.60 bits per heavy atom. The standard InChI is InChI=1S/C18H36O5P2/c1-16(2)11-10-13-17(3)12-8-6-4-5-7-9-14-18(24(20)15-19)25(21,22)23/h11-12,18-19,24H,4-10,13-15H2,1-3H3,(H2,21,22,23)/b17-12+. The SMILES string of the molecule is CC(C)=CCC/C(C)=C/CCCCCCCC([PH](=O)CO)P(=O)(O)O. The monoisotopic (exact) mass is 394 g/mol. The first-order valence-electron chi connectivity index (χ1n) is 9.16. The zero-order valence-corrected chi connectivity index (χ0v) is 17.8. The minimum Gasteiger partial charge on any atom is -0.389 e. The summed E-state index contributed by atoms with van der Waals surface area (Å²) in [6.07, 6.45) is 12.2. The molecule has 0 fully saturated rings. The van der Waals surface area contributed by atoms with Gasteiger partial charge < -0.3 is 19.5 Å². The summed E-state index contributed by atoms with van der Waals surface area (Å²) in [4.78, 5) is 18.4. The Morgan fingerprint density at radius 1 is 1.00 bits per heavy atom. The van der Waals surface area contributed by atoms with Gasteiger partial charge in [-0.1, -0.05) is 49.0 Å². The second-order valence-corrected chi connectivity index (χ2v) is 11.2. The second-order valence-electron chi connectivity index (χ2n) is 6.95. The molecule has 0 saturated heterocycles. The lowest BCUT2D eigenvalue weighted by atomic mass is 10.1. The van der Waals surface area contributed by atoms with Crippen molar-refractivity contribution in [2.75, 3.05) is 6.35 Å². The summed E-state index contributed by atoms with van der Waals surface area (Å²) >= 11 is 0. The Morgan fingerprint density at radius 3 is 2.16 bits per heavy atom.